The molecule has 0 amide bonds. The van der Waals surface area contributed by atoms with E-state index in [4.69, 9.17) is 9.47 Å². The van der Waals surface area contributed by atoms with Gasteiger partial charge in [0.25, 0.3) is 0 Å². The van der Waals surface area contributed by atoms with Gasteiger partial charge in [-0.1, -0.05) is 19.1 Å². The van der Waals surface area contributed by atoms with E-state index >= 15 is 0 Å². The zero-order valence-corrected chi connectivity index (χ0v) is 13.4. The third-order valence-corrected chi connectivity index (χ3v) is 5.21. The average molecular weight is 289 g/mol. The van der Waals surface area contributed by atoms with E-state index in [9.17, 15) is 0 Å². The van der Waals surface area contributed by atoms with Crippen molar-refractivity contribution in [1.29, 1.82) is 0 Å². The zero-order chi connectivity index (χ0) is 14.9. The quantitative estimate of drug-likeness (QED) is 0.900. The van der Waals surface area contributed by atoms with Crippen molar-refractivity contribution in [2.24, 2.45) is 5.92 Å². The lowest BCUT2D eigenvalue weighted by atomic mass is 9.78. The molecule has 0 radical (unpaired) electrons. The molecule has 1 heterocycles. The number of ether oxygens (including phenoxy) is 2. The molecule has 1 aromatic rings. The summed E-state index contributed by atoms with van der Waals surface area (Å²) in [6.45, 7) is 5.56. The molecule has 1 aromatic carbocycles. The number of rotatable bonds is 2. The van der Waals surface area contributed by atoms with Crippen molar-refractivity contribution in [2.75, 3.05) is 13.7 Å². The van der Waals surface area contributed by atoms with E-state index < -0.39 is 0 Å². The second kappa shape index (κ2) is 5.98. The fraction of sp³-hybridized carbons (Fsp3) is 0.667. The fourth-order valence-electron chi connectivity index (χ4n) is 3.60. The molecule has 116 valence electrons. The molecule has 1 N–H and O–H groups in total. The predicted octanol–water partition coefficient (Wildman–Crippen LogP) is 3.69. The van der Waals surface area contributed by atoms with Crippen molar-refractivity contribution >= 4 is 0 Å². The zero-order valence-electron chi connectivity index (χ0n) is 13.4. The molecule has 2 fully saturated rings. The minimum absolute atomic E-state index is 0.0453. The molecule has 0 bridgehead atoms. The van der Waals surface area contributed by atoms with Crippen LogP contribution in [-0.2, 0) is 4.74 Å². The maximum absolute atomic E-state index is 6.63. The SMILES string of the molecule is COc1ccc(C2OC3(CCC(C)CC3)CNC2C)cc1. The molecule has 2 aliphatic rings. The van der Waals surface area contributed by atoms with Gasteiger partial charge in [-0.3, -0.25) is 0 Å². The highest BCUT2D eigenvalue weighted by Crippen LogP contribution is 2.41. The molecular formula is C18H27NO2. The lowest BCUT2D eigenvalue weighted by Crippen LogP contribution is -2.56. The molecule has 1 spiro atoms. The van der Waals surface area contributed by atoms with Gasteiger partial charge in [0.15, 0.2) is 0 Å². The third kappa shape index (κ3) is 3.09. The molecule has 21 heavy (non-hydrogen) atoms. The molecule has 2 unspecified atom stereocenters. The van der Waals surface area contributed by atoms with Gasteiger partial charge >= 0.3 is 0 Å². The van der Waals surface area contributed by atoms with E-state index in [1.165, 1.54) is 31.2 Å². The van der Waals surface area contributed by atoms with Gasteiger partial charge in [-0.15, -0.1) is 0 Å². The summed E-state index contributed by atoms with van der Waals surface area (Å²) in [7, 11) is 1.70. The highest BCUT2D eigenvalue weighted by Gasteiger charge is 2.42. The first-order valence-electron chi connectivity index (χ1n) is 8.17. The second-order valence-electron chi connectivity index (χ2n) is 6.85. The highest BCUT2D eigenvalue weighted by atomic mass is 16.5. The number of hydrogen-bond acceptors (Lipinski definition) is 3. The topological polar surface area (TPSA) is 30.5 Å². The Balaban J connectivity index is 1.76. The molecule has 0 aromatic heterocycles. The lowest BCUT2D eigenvalue weighted by molar-refractivity contribution is -0.155. The van der Waals surface area contributed by atoms with Crippen LogP contribution in [0.15, 0.2) is 24.3 Å². The Hall–Kier alpha value is -1.06. The van der Waals surface area contributed by atoms with Crippen molar-refractivity contribution in [2.45, 2.75) is 57.3 Å². The Bertz CT molecular complexity index is 457. The van der Waals surface area contributed by atoms with Gasteiger partial charge in [-0.2, -0.15) is 0 Å². The van der Waals surface area contributed by atoms with Crippen LogP contribution in [0.5, 0.6) is 5.75 Å². The van der Waals surface area contributed by atoms with E-state index in [-0.39, 0.29) is 11.7 Å². The fourth-order valence-corrected chi connectivity index (χ4v) is 3.60. The van der Waals surface area contributed by atoms with Crippen LogP contribution < -0.4 is 10.1 Å². The Morgan fingerprint density at radius 2 is 1.81 bits per heavy atom. The van der Waals surface area contributed by atoms with Gasteiger partial charge in [-0.25, -0.2) is 0 Å². The van der Waals surface area contributed by atoms with Crippen LogP contribution in [0.3, 0.4) is 0 Å². The van der Waals surface area contributed by atoms with Gasteiger partial charge in [-0.05, 0) is 56.2 Å². The minimum Gasteiger partial charge on any atom is -0.497 e. The van der Waals surface area contributed by atoms with Gasteiger partial charge in [0.2, 0.25) is 0 Å². The summed E-state index contributed by atoms with van der Waals surface area (Å²) in [5, 5.41) is 3.68. The first-order chi connectivity index (χ1) is 10.1. The van der Waals surface area contributed by atoms with Crippen LogP contribution >= 0.6 is 0 Å². The molecule has 1 saturated heterocycles. The second-order valence-corrected chi connectivity index (χ2v) is 6.85. The summed E-state index contributed by atoms with van der Waals surface area (Å²) in [6, 6.07) is 8.66. The summed E-state index contributed by atoms with van der Waals surface area (Å²) in [4.78, 5) is 0. The van der Waals surface area contributed by atoms with E-state index in [1.807, 2.05) is 12.1 Å². The summed E-state index contributed by atoms with van der Waals surface area (Å²) in [5.74, 6) is 1.74. The summed E-state index contributed by atoms with van der Waals surface area (Å²) in [5.41, 5.74) is 1.29. The Labute approximate surface area is 128 Å². The number of hydrogen-bond donors (Lipinski definition) is 1. The van der Waals surface area contributed by atoms with Gasteiger partial charge in [0.1, 0.15) is 5.75 Å². The molecule has 3 heteroatoms. The van der Waals surface area contributed by atoms with Crippen LogP contribution in [0.1, 0.15) is 51.2 Å². The maximum Gasteiger partial charge on any atom is 0.118 e. The Morgan fingerprint density at radius 1 is 1.14 bits per heavy atom. The van der Waals surface area contributed by atoms with E-state index in [0.29, 0.717) is 6.04 Å². The standard InChI is InChI=1S/C18H27NO2/c1-13-8-10-18(11-9-13)12-19-14(2)17(21-18)15-4-6-16(20-3)7-5-15/h4-7,13-14,17,19H,8-12H2,1-3H3. The van der Waals surface area contributed by atoms with Crippen LogP contribution in [0, 0.1) is 5.92 Å². The molecule has 1 saturated carbocycles. The highest BCUT2D eigenvalue weighted by molar-refractivity contribution is 5.29. The first-order valence-corrected chi connectivity index (χ1v) is 8.17. The first kappa shape index (κ1) is 14.9. The lowest BCUT2D eigenvalue weighted by Gasteiger charge is -2.48. The summed E-state index contributed by atoms with van der Waals surface area (Å²) >= 11 is 0. The summed E-state index contributed by atoms with van der Waals surface area (Å²) in [6.07, 6.45) is 5.07. The van der Waals surface area contributed by atoms with E-state index in [2.05, 4.69) is 31.3 Å². The molecule has 3 nitrogen and oxygen atoms in total. The third-order valence-electron chi connectivity index (χ3n) is 5.21. The summed E-state index contributed by atoms with van der Waals surface area (Å²) < 4.78 is 11.9. The van der Waals surface area contributed by atoms with E-state index in [1.54, 1.807) is 7.11 Å². The van der Waals surface area contributed by atoms with Crippen LogP contribution in [-0.4, -0.2) is 25.3 Å². The molecule has 1 aliphatic heterocycles. The van der Waals surface area contributed by atoms with Gasteiger partial charge in [0.05, 0.1) is 18.8 Å². The monoisotopic (exact) mass is 289 g/mol. The largest absolute Gasteiger partial charge is 0.497 e. The van der Waals surface area contributed by atoms with Gasteiger partial charge < -0.3 is 14.8 Å². The van der Waals surface area contributed by atoms with Crippen molar-refractivity contribution < 1.29 is 9.47 Å². The van der Waals surface area contributed by atoms with E-state index in [0.717, 1.165) is 18.2 Å². The molecular weight excluding hydrogens is 262 g/mol. The van der Waals surface area contributed by atoms with Crippen molar-refractivity contribution in [3.8, 4) is 5.75 Å². The van der Waals surface area contributed by atoms with Crippen LogP contribution in [0.4, 0.5) is 0 Å². The smallest absolute Gasteiger partial charge is 0.118 e. The Kier molecular flexibility index (Phi) is 4.23. The van der Waals surface area contributed by atoms with Crippen LogP contribution in [0.25, 0.3) is 0 Å². The number of nitrogens with one attached hydrogen (secondary N) is 1. The van der Waals surface area contributed by atoms with Crippen LogP contribution in [0.2, 0.25) is 0 Å². The predicted molar refractivity (Wildman–Crippen MR) is 84.6 cm³/mol. The van der Waals surface area contributed by atoms with Crippen molar-refractivity contribution in [3.63, 3.8) is 0 Å². The average Bonchev–Trinajstić information content (AvgIpc) is 2.53. The Morgan fingerprint density at radius 3 is 2.43 bits per heavy atom. The molecule has 2 atom stereocenters. The normalized spacial score (nSPS) is 36.6. The number of morpholine rings is 1. The van der Waals surface area contributed by atoms with Gasteiger partial charge in [0, 0.05) is 12.6 Å². The molecule has 3 rings (SSSR count). The van der Waals surface area contributed by atoms with Crippen molar-refractivity contribution in [1.82, 2.24) is 5.32 Å². The number of benzene rings is 1. The molecule has 1 aliphatic carbocycles. The van der Waals surface area contributed by atoms with Crippen molar-refractivity contribution in [3.05, 3.63) is 29.8 Å². The maximum atomic E-state index is 6.63. The number of methoxy groups -OCH3 is 1. The minimum atomic E-state index is 0.0453.